The Morgan fingerprint density at radius 3 is 2.69 bits per heavy atom. The minimum absolute atomic E-state index is 0.121. The van der Waals surface area contributed by atoms with E-state index in [0.29, 0.717) is 12.6 Å². The van der Waals surface area contributed by atoms with Gasteiger partial charge in [-0.15, -0.1) is 0 Å². The topological polar surface area (TPSA) is 33.0 Å². The fourth-order valence-corrected chi connectivity index (χ4v) is 1.72. The van der Waals surface area contributed by atoms with Gasteiger partial charge in [0.15, 0.2) is 12.4 Å². The molecule has 0 unspecified atom stereocenters. The van der Waals surface area contributed by atoms with Gasteiger partial charge in [0.25, 0.3) is 5.91 Å². The predicted molar refractivity (Wildman–Crippen MR) is 61.8 cm³/mol. The molecule has 1 aliphatic carbocycles. The number of carbonyl (C=O) groups is 1. The number of hydrogen-bond acceptors (Lipinski definition) is 1. The van der Waals surface area contributed by atoms with Gasteiger partial charge in [0, 0.05) is 18.2 Å². The molecule has 0 aromatic carbocycles. The summed E-state index contributed by atoms with van der Waals surface area (Å²) in [6.07, 6.45) is 8.52. The monoisotopic (exact) mass is 219 g/mol. The van der Waals surface area contributed by atoms with E-state index in [4.69, 9.17) is 0 Å². The van der Waals surface area contributed by atoms with E-state index in [1.807, 2.05) is 17.0 Å². The highest BCUT2D eigenvalue weighted by atomic mass is 16.2. The van der Waals surface area contributed by atoms with Gasteiger partial charge in [0.05, 0.1) is 0 Å². The summed E-state index contributed by atoms with van der Waals surface area (Å²) >= 11 is 0. The van der Waals surface area contributed by atoms with Gasteiger partial charge in [-0.3, -0.25) is 4.79 Å². The van der Waals surface area contributed by atoms with E-state index in [1.165, 1.54) is 5.56 Å². The van der Waals surface area contributed by atoms with Gasteiger partial charge in [-0.25, -0.2) is 0 Å². The average Bonchev–Trinajstić information content (AvgIpc) is 3.05. The van der Waals surface area contributed by atoms with E-state index in [2.05, 4.69) is 24.4 Å². The van der Waals surface area contributed by atoms with Crippen molar-refractivity contribution >= 4 is 5.91 Å². The number of hydrogen-bond donors (Lipinski definition) is 1. The van der Waals surface area contributed by atoms with Gasteiger partial charge >= 0.3 is 0 Å². The number of amides is 1. The van der Waals surface area contributed by atoms with Gasteiger partial charge in [0.2, 0.25) is 6.54 Å². The molecule has 1 aromatic heterocycles. The van der Waals surface area contributed by atoms with Crippen molar-refractivity contribution < 1.29 is 9.36 Å². The molecule has 0 radical (unpaired) electrons. The maximum atomic E-state index is 11.5. The summed E-state index contributed by atoms with van der Waals surface area (Å²) in [6.45, 7) is 2.60. The van der Waals surface area contributed by atoms with Crippen molar-refractivity contribution in [1.29, 1.82) is 0 Å². The van der Waals surface area contributed by atoms with Crippen LogP contribution in [0.5, 0.6) is 0 Å². The number of aromatic nitrogens is 1. The highest BCUT2D eigenvalue weighted by molar-refractivity contribution is 5.75. The first kappa shape index (κ1) is 11.1. The van der Waals surface area contributed by atoms with E-state index >= 15 is 0 Å². The van der Waals surface area contributed by atoms with Gasteiger partial charge < -0.3 is 5.32 Å². The average molecular weight is 219 g/mol. The van der Waals surface area contributed by atoms with Crippen molar-refractivity contribution in [3.8, 4) is 0 Å². The van der Waals surface area contributed by atoms with Crippen LogP contribution in [0.15, 0.2) is 24.5 Å². The first-order valence-corrected chi connectivity index (χ1v) is 6.05. The molecule has 1 amide bonds. The minimum Gasteiger partial charge on any atom is -0.348 e. The Balaban J connectivity index is 1.85. The second-order valence-corrected chi connectivity index (χ2v) is 4.47. The molecule has 1 fully saturated rings. The van der Waals surface area contributed by atoms with Crippen molar-refractivity contribution in [2.24, 2.45) is 0 Å². The van der Waals surface area contributed by atoms with Crippen molar-refractivity contribution in [3.63, 3.8) is 0 Å². The van der Waals surface area contributed by atoms with Crippen molar-refractivity contribution in [3.05, 3.63) is 30.1 Å². The molecule has 0 spiro atoms. The number of nitrogens with one attached hydrogen (secondary N) is 1. The molecule has 1 aromatic rings. The Labute approximate surface area is 96.5 Å². The zero-order valence-electron chi connectivity index (χ0n) is 9.78. The third kappa shape index (κ3) is 3.33. The van der Waals surface area contributed by atoms with Crippen molar-refractivity contribution in [2.75, 3.05) is 0 Å². The van der Waals surface area contributed by atoms with Gasteiger partial charge in [-0.1, -0.05) is 13.3 Å². The SMILES string of the molecule is CCCc1cc[n+](CC(=O)NC2CC2)cc1. The highest BCUT2D eigenvalue weighted by Crippen LogP contribution is 2.18. The summed E-state index contributed by atoms with van der Waals surface area (Å²) in [5.74, 6) is 0.121. The molecule has 0 saturated heterocycles. The molecule has 86 valence electrons. The van der Waals surface area contributed by atoms with E-state index in [0.717, 1.165) is 25.7 Å². The van der Waals surface area contributed by atoms with Crippen LogP contribution < -0.4 is 9.88 Å². The Kier molecular flexibility index (Phi) is 3.54. The van der Waals surface area contributed by atoms with E-state index < -0.39 is 0 Å². The van der Waals surface area contributed by atoms with E-state index in [-0.39, 0.29) is 5.91 Å². The largest absolute Gasteiger partial charge is 0.348 e. The fraction of sp³-hybridized carbons (Fsp3) is 0.538. The first-order chi connectivity index (χ1) is 7.78. The van der Waals surface area contributed by atoms with Crippen LogP contribution in [0.1, 0.15) is 31.7 Å². The lowest BCUT2D eigenvalue weighted by Crippen LogP contribution is -2.43. The number of pyridine rings is 1. The third-order valence-electron chi connectivity index (χ3n) is 2.77. The van der Waals surface area contributed by atoms with Crippen LogP contribution >= 0.6 is 0 Å². The lowest BCUT2D eigenvalue weighted by molar-refractivity contribution is -0.684. The van der Waals surface area contributed by atoms with Gasteiger partial charge in [-0.05, 0) is 24.8 Å². The van der Waals surface area contributed by atoms with Crippen LogP contribution in [0.2, 0.25) is 0 Å². The zero-order valence-corrected chi connectivity index (χ0v) is 9.78. The molecule has 3 nitrogen and oxygen atoms in total. The van der Waals surface area contributed by atoms with Crippen molar-refractivity contribution in [2.45, 2.75) is 45.2 Å². The zero-order chi connectivity index (χ0) is 11.4. The molecule has 2 rings (SSSR count). The summed E-state index contributed by atoms with van der Waals surface area (Å²) < 4.78 is 1.93. The van der Waals surface area contributed by atoms with Crippen LogP contribution in [0.25, 0.3) is 0 Å². The second kappa shape index (κ2) is 5.10. The molecule has 1 N–H and O–H groups in total. The fourth-order valence-electron chi connectivity index (χ4n) is 1.72. The maximum absolute atomic E-state index is 11.5. The van der Waals surface area contributed by atoms with Crippen LogP contribution in [-0.4, -0.2) is 11.9 Å². The first-order valence-electron chi connectivity index (χ1n) is 6.05. The Bertz CT molecular complexity index is 355. The van der Waals surface area contributed by atoms with E-state index in [9.17, 15) is 4.79 Å². The summed E-state index contributed by atoms with van der Waals surface area (Å²) in [4.78, 5) is 11.5. The Morgan fingerprint density at radius 2 is 2.12 bits per heavy atom. The molecule has 0 bridgehead atoms. The number of carbonyl (C=O) groups excluding carboxylic acids is 1. The quantitative estimate of drug-likeness (QED) is 0.742. The second-order valence-electron chi connectivity index (χ2n) is 4.47. The normalized spacial score (nSPS) is 14.8. The van der Waals surface area contributed by atoms with Crippen LogP contribution in [-0.2, 0) is 17.8 Å². The Hall–Kier alpha value is -1.38. The maximum Gasteiger partial charge on any atom is 0.286 e. The molecule has 1 aliphatic rings. The molecular weight excluding hydrogens is 200 g/mol. The number of rotatable bonds is 5. The van der Waals surface area contributed by atoms with Crippen LogP contribution in [0, 0.1) is 0 Å². The lowest BCUT2D eigenvalue weighted by atomic mass is 10.2. The molecule has 1 saturated carbocycles. The summed E-state index contributed by atoms with van der Waals surface area (Å²) in [7, 11) is 0. The number of aryl methyl sites for hydroxylation is 1. The molecule has 1 heterocycles. The minimum atomic E-state index is 0.121. The third-order valence-corrected chi connectivity index (χ3v) is 2.77. The smallest absolute Gasteiger partial charge is 0.286 e. The summed E-state index contributed by atoms with van der Waals surface area (Å²) in [5, 5.41) is 2.98. The lowest BCUT2D eigenvalue weighted by Gasteiger charge is -2.00. The molecular formula is C13H19N2O+. The number of nitrogens with zero attached hydrogens (tertiary/aromatic N) is 1. The van der Waals surface area contributed by atoms with Gasteiger partial charge in [0.1, 0.15) is 0 Å². The summed E-state index contributed by atoms with van der Waals surface area (Å²) in [6, 6.07) is 4.63. The van der Waals surface area contributed by atoms with Crippen LogP contribution in [0.3, 0.4) is 0 Å². The van der Waals surface area contributed by atoms with E-state index in [1.54, 1.807) is 0 Å². The van der Waals surface area contributed by atoms with Crippen LogP contribution in [0.4, 0.5) is 0 Å². The Morgan fingerprint density at radius 1 is 1.44 bits per heavy atom. The van der Waals surface area contributed by atoms with Gasteiger partial charge in [-0.2, -0.15) is 4.57 Å². The molecule has 16 heavy (non-hydrogen) atoms. The standard InChI is InChI=1S/C13H18N2O/c1-2-3-11-6-8-15(9-7-11)10-13(16)14-12-4-5-12/h6-9,12H,2-5,10H2,1H3/p+1. The highest BCUT2D eigenvalue weighted by Gasteiger charge is 2.24. The molecule has 0 atom stereocenters. The van der Waals surface area contributed by atoms with Crippen molar-refractivity contribution in [1.82, 2.24) is 5.32 Å². The molecule has 0 aliphatic heterocycles. The summed E-state index contributed by atoms with van der Waals surface area (Å²) in [5.41, 5.74) is 1.33. The predicted octanol–water partition coefficient (Wildman–Crippen LogP) is 1.21. The molecule has 3 heteroatoms.